The van der Waals surface area contributed by atoms with Crippen LogP contribution in [0, 0.1) is 11.8 Å². The maximum absolute atomic E-state index is 12.4. The first-order valence-corrected chi connectivity index (χ1v) is 9.41. The van der Waals surface area contributed by atoms with Crippen molar-refractivity contribution in [3.05, 3.63) is 59.7 Å². The van der Waals surface area contributed by atoms with Gasteiger partial charge < -0.3 is 15.2 Å². The highest BCUT2D eigenvalue weighted by atomic mass is 16.5. The molecule has 0 saturated heterocycles. The molecule has 0 spiro atoms. The summed E-state index contributed by atoms with van der Waals surface area (Å²) >= 11 is 0. The van der Waals surface area contributed by atoms with Gasteiger partial charge in [0, 0.05) is 24.5 Å². The van der Waals surface area contributed by atoms with Crippen LogP contribution in [0.5, 0.6) is 0 Å². The number of benzene rings is 2. The lowest BCUT2D eigenvalue weighted by atomic mass is 9.98. The number of alkyl carbamates (subject to hydrolysis) is 1. The molecule has 0 unspecified atom stereocenters. The third-order valence-corrected chi connectivity index (χ3v) is 5.98. The Morgan fingerprint density at radius 2 is 1.69 bits per heavy atom. The van der Waals surface area contributed by atoms with Crippen LogP contribution in [-0.2, 0) is 4.74 Å². The van der Waals surface area contributed by atoms with E-state index in [1.54, 1.807) is 0 Å². The van der Waals surface area contributed by atoms with Crippen LogP contribution in [0.4, 0.5) is 4.79 Å². The molecule has 4 nitrogen and oxygen atoms in total. The Hall–Kier alpha value is -2.33. The van der Waals surface area contributed by atoms with E-state index in [2.05, 4.69) is 36.5 Å². The Morgan fingerprint density at radius 1 is 1.08 bits per heavy atom. The highest BCUT2D eigenvalue weighted by Crippen LogP contribution is 2.44. The van der Waals surface area contributed by atoms with Crippen molar-refractivity contribution in [1.29, 1.82) is 0 Å². The number of hydrogen-bond donors (Lipinski definition) is 2. The van der Waals surface area contributed by atoms with E-state index in [9.17, 15) is 9.90 Å². The van der Waals surface area contributed by atoms with E-state index in [1.165, 1.54) is 22.3 Å². The number of aliphatic hydroxyl groups excluding tert-OH is 1. The highest BCUT2D eigenvalue weighted by Gasteiger charge is 2.35. The van der Waals surface area contributed by atoms with Crippen molar-refractivity contribution in [1.82, 2.24) is 5.32 Å². The highest BCUT2D eigenvalue weighted by molar-refractivity contribution is 5.79. The van der Waals surface area contributed by atoms with Gasteiger partial charge in [-0.25, -0.2) is 4.79 Å². The summed E-state index contributed by atoms with van der Waals surface area (Å²) in [6.07, 6.45) is 1.59. The smallest absolute Gasteiger partial charge is 0.407 e. The van der Waals surface area contributed by atoms with Gasteiger partial charge in [-0.3, -0.25) is 0 Å². The number of aliphatic hydroxyl groups is 1. The topological polar surface area (TPSA) is 58.6 Å². The fourth-order valence-corrected chi connectivity index (χ4v) is 4.54. The fourth-order valence-electron chi connectivity index (χ4n) is 4.54. The predicted molar refractivity (Wildman–Crippen MR) is 101 cm³/mol. The molecule has 2 aromatic rings. The van der Waals surface area contributed by atoms with E-state index in [0.29, 0.717) is 12.5 Å². The summed E-state index contributed by atoms with van der Waals surface area (Å²) in [5, 5.41) is 12.5. The van der Waals surface area contributed by atoms with E-state index in [4.69, 9.17) is 4.74 Å². The van der Waals surface area contributed by atoms with Crippen LogP contribution in [0.25, 0.3) is 11.1 Å². The van der Waals surface area contributed by atoms with Crippen LogP contribution in [0.15, 0.2) is 48.5 Å². The van der Waals surface area contributed by atoms with Gasteiger partial charge in [-0.2, -0.15) is 0 Å². The first-order valence-electron chi connectivity index (χ1n) is 9.41. The summed E-state index contributed by atoms with van der Waals surface area (Å²) in [5.74, 6) is 0.570. The van der Waals surface area contributed by atoms with E-state index >= 15 is 0 Å². The van der Waals surface area contributed by atoms with Gasteiger partial charge in [-0.15, -0.1) is 0 Å². The Labute approximate surface area is 154 Å². The van der Waals surface area contributed by atoms with Crippen molar-refractivity contribution in [2.45, 2.75) is 31.7 Å². The van der Waals surface area contributed by atoms with Gasteiger partial charge in [-0.05, 0) is 41.0 Å². The summed E-state index contributed by atoms with van der Waals surface area (Å²) in [7, 11) is 0. The van der Waals surface area contributed by atoms with Crippen LogP contribution in [0.2, 0.25) is 0 Å². The molecule has 0 aliphatic heterocycles. The minimum absolute atomic E-state index is 0.00403. The van der Waals surface area contributed by atoms with Crippen LogP contribution >= 0.6 is 0 Å². The van der Waals surface area contributed by atoms with Crippen molar-refractivity contribution in [2.24, 2.45) is 11.8 Å². The molecule has 2 aliphatic rings. The fraction of sp³-hybridized carbons (Fsp3) is 0.409. The lowest BCUT2D eigenvalue weighted by Crippen LogP contribution is -2.42. The molecule has 1 amide bonds. The normalized spacial score (nSPS) is 24.2. The molecule has 2 aliphatic carbocycles. The van der Waals surface area contributed by atoms with Crippen molar-refractivity contribution in [3.8, 4) is 11.1 Å². The number of carbonyl (C=O) groups is 1. The molecule has 0 heterocycles. The van der Waals surface area contributed by atoms with Gasteiger partial charge in [-0.1, -0.05) is 55.5 Å². The molecule has 2 N–H and O–H groups in total. The van der Waals surface area contributed by atoms with Crippen LogP contribution in [-0.4, -0.2) is 30.5 Å². The molecule has 4 rings (SSSR count). The summed E-state index contributed by atoms with van der Waals surface area (Å²) in [5.41, 5.74) is 4.87. The summed E-state index contributed by atoms with van der Waals surface area (Å²) in [4.78, 5) is 12.4. The van der Waals surface area contributed by atoms with E-state index in [0.717, 1.165) is 12.8 Å². The number of ether oxygens (including phenoxy) is 1. The van der Waals surface area contributed by atoms with Crippen LogP contribution in [0.3, 0.4) is 0 Å². The van der Waals surface area contributed by atoms with Gasteiger partial charge in [0.15, 0.2) is 0 Å². The molecule has 0 aromatic heterocycles. The molecule has 26 heavy (non-hydrogen) atoms. The second kappa shape index (κ2) is 7.12. The second-order valence-electron chi connectivity index (χ2n) is 7.49. The minimum Gasteiger partial charge on any atom is -0.449 e. The second-order valence-corrected chi connectivity index (χ2v) is 7.49. The molecular formula is C22H25NO3. The van der Waals surface area contributed by atoms with E-state index < -0.39 is 0 Å². The third-order valence-electron chi connectivity index (χ3n) is 5.98. The first kappa shape index (κ1) is 17.1. The first-order chi connectivity index (χ1) is 12.7. The van der Waals surface area contributed by atoms with Crippen LogP contribution in [0.1, 0.15) is 36.8 Å². The van der Waals surface area contributed by atoms with Gasteiger partial charge in [0.05, 0.1) is 0 Å². The average molecular weight is 351 g/mol. The van der Waals surface area contributed by atoms with E-state index in [1.807, 2.05) is 24.3 Å². The Morgan fingerprint density at radius 3 is 2.31 bits per heavy atom. The average Bonchev–Trinajstić information content (AvgIpc) is 3.18. The lowest BCUT2D eigenvalue weighted by Gasteiger charge is -2.23. The molecule has 2 aromatic carbocycles. The van der Waals surface area contributed by atoms with Gasteiger partial charge >= 0.3 is 6.09 Å². The summed E-state index contributed by atoms with van der Waals surface area (Å²) in [6.45, 7) is 2.55. The van der Waals surface area contributed by atoms with Crippen molar-refractivity contribution >= 4 is 6.09 Å². The Kier molecular flexibility index (Phi) is 4.68. The third kappa shape index (κ3) is 2.99. The zero-order valence-corrected chi connectivity index (χ0v) is 15.0. The maximum atomic E-state index is 12.4. The number of carbonyl (C=O) groups excluding carboxylic acids is 1. The standard InChI is InChI=1S/C22H25NO3/c1-14-10-11-15(12-24)21(14)23-22(25)26-13-20-18-8-4-2-6-16(18)17-7-3-5-9-19(17)20/h2-9,14-15,20-21,24H,10-13H2,1H3,(H,23,25)/t14-,15-,21+/m0/s1. The summed E-state index contributed by atoms with van der Waals surface area (Å²) in [6, 6.07) is 16.6. The molecule has 1 saturated carbocycles. The van der Waals surface area contributed by atoms with Gasteiger partial charge in [0.1, 0.15) is 6.61 Å². The number of rotatable bonds is 4. The van der Waals surface area contributed by atoms with Crippen molar-refractivity contribution in [2.75, 3.05) is 13.2 Å². The number of hydrogen-bond acceptors (Lipinski definition) is 3. The quantitative estimate of drug-likeness (QED) is 0.877. The Bertz CT molecular complexity index is 758. The lowest BCUT2D eigenvalue weighted by molar-refractivity contribution is 0.127. The summed E-state index contributed by atoms with van der Waals surface area (Å²) < 4.78 is 5.61. The molecule has 136 valence electrons. The monoisotopic (exact) mass is 351 g/mol. The molecule has 0 radical (unpaired) electrons. The van der Waals surface area contributed by atoms with Gasteiger partial charge in [0.25, 0.3) is 0 Å². The predicted octanol–water partition coefficient (Wildman–Crippen LogP) is 3.93. The van der Waals surface area contributed by atoms with E-state index in [-0.39, 0.29) is 30.6 Å². The van der Waals surface area contributed by atoms with Crippen molar-refractivity contribution < 1.29 is 14.6 Å². The molecule has 4 heteroatoms. The maximum Gasteiger partial charge on any atom is 0.407 e. The minimum atomic E-state index is -0.385. The van der Waals surface area contributed by atoms with Gasteiger partial charge in [0.2, 0.25) is 0 Å². The molecular weight excluding hydrogens is 326 g/mol. The van der Waals surface area contributed by atoms with Crippen molar-refractivity contribution in [3.63, 3.8) is 0 Å². The largest absolute Gasteiger partial charge is 0.449 e. The molecule has 0 bridgehead atoms. The van der Waals surface area contributed by atoms with Crippen LogP contribution < -0.4 is 5.32 Å². The molecule has 3 atom stereocenters. The zero-order valence-electron chi connectivity index (χ0n) is 15.0. The SMILES string of the molecule is C[C@H]1CC[C@@H](CO)[C@@H]1NC(=O)OCC1c2ccccc2-c2ccccc21. The zero-order chi connectivity index (χ0) is 18.1. The Balaban J connectivity index is 1.46. The number of amides is 1. The number of nitrogens with one attached hydrogen (secondary N) is 1. The molecule has 1 fully saturated rings. The number of fused-ring (bicyclic) bond motifs is 3.